The van der Waals surface area contributed by atoms with E-state index >= 15 is 0 Å². The number of methoxy groups -OCH3 is 1. The standard InChI is InChI=1S/C19H17N5O2S/c1-13-9-10-20-19-21-17(22-24(13)19)18(25)23(12-16-4-3-11-27-16)14-5-7-15(26-2)8-6-14/h3-11H,12H2,1-2H3. The number of aryl methyl sites for hydroxylation is 1. The van der Waals surface area contributed by atoms with E-state index in [1.165, 1.54) is 0 Å². The first kappa shape index (κ1) is 17.2. The molecule has 4 aromatic rings. The first-order valence-corrected chi connectivity index (χ1v) is 9.20. The summed E-state index contributed by atoms with van der Waals surface area (Å²) < 4.78 is 6.79. The molecule has 7 nitrogen and oxygen atoms in total. The molecule has 0 unspecified atom stereocenters. The molecule has 0 aliphatic heterocycles. The van der Waals surface area contributed by atoms with Crippen molar-refractivity contribution in [1.29, 1.82) is 0 Å². The molecular weight excluding hydrogens is 362 g/mol. The summed E-state index contributed by atoms with van der Waals surface area (Å²) in [5.74, 6) is 0.972. The lowest BCUT2D eigenvalue weighted by atomic mass is 10.2. The molecule has 4 rings (SSSR count). The monoisotopic (exact) mass is 379 g/mol. The van der Waals surface area contributed by atoms with E-state index in [-0.39, 0.29) is 11.7 Å². The molecule has 0 fully saturated rings. The molecule has 1 amide bonds. The Balaban J connectivity index is 1.73. The van der Waals surface area contributed by atoms with Gasteiger partial charge < -0.3 is 9.64 Å². The largest absolute Gasteiger partial charge is 0.497 e. The lowest BCUT2D eigenvalue weighted by Crippen LogP contribution is -2.31. The average Bonchev–Trinajstić information content (AvgIpc) is 3.36. The predicted molar refractivity (Wildman–Crippen MR) is 103 cm³/mol. The molecular formula is C19H17N5O2S. The van der Waals surface area contributed by atoms with Crippen LogP contribution in [0.4, 0.5) is 5.69 Å². The second-order valence-electron chi connectivity index (χ2n) is 5.90. The van der Waals surface area contributed by atoms with Gasteiger partial charge in [0.25, 0.3) is 11.7 Å². The maximum atomic E-state index is 13.2. The van der Waals surface area contributed by atoms with E-state index in [2.05, 4.69) is 15.1 Å². The van der Waals surface area contributed by atoms with Crippen LogP contribution in [0.25, 0.3) is 5.78 Å². The molecule has 0 N–H and O–H groups in total. The molecule has 3 heterocycles. The van der Waals surface area contributed by atoms with Crippen LogP contribution in [0.3, 0.4) is 0 Å². The molecule has 0 radical (unpaired) electrons. The first-order valence-electron chi connectivity index (χ1n) is 8.32. The molecule has 0 spiro atoms. The third kappa shape index (κ3) is 3.39. The van der Waals surface area contributed by atoms with Gasteiger partial charge in [-0.1, -0.05) is 6.07 Å². The van der Waals surface area contributed by atoms with Gasteiger partial charge >= 0.3 is 0 Å². The maximum Gasteiger partial charge on any atom is 0.298 e. The van der Waals surface area contributed by atoms with Crippen molar-refractivity contribution in [2.24, 2.45) is 0 Å². The van der Waals surface area contributed by atoms with Crippen LogP contribution >= 0.6 is 11.3 Å². The first-order chi connectivity index (χ1) is 13.2. The summed E-state index contributed by atoms with van der Waals surface area (Å²) in [5.41, 5.74) is 1.61. The lowest BCUT2D eigenvalue weighted by molar-refractivity contribution is 0.0975. The minimum Gasteiger partial charge on any atom is -0.497 e. The van der Waals surface area contributed by atoms with Crippen LogP contribution in [0.1, 0.15) is 21.2 Å². The van der Waals surface area contributed by atoms with Crippen LogP contribution in [0.5, 0.6) is 5.75 Å². The minimum atomic E-state index is -0.279. The zero-order valence-corrected chi connectivity index (χ0v) is 15.7. The fraction of sp³-hybridized carbons (Fsp3) is 0.158. The Labute approximate surface area is 159 Å². The number of carbonyl (C=O) groups is 1. The Morgan fingerprint density at radius 1 is 1.22 bits per heavy atom. The highest BCUT2D eigenvalue weighted by atomic mass is 32.1. The number of anilines is 1. The van der Waals surface area contributed by atoms with Crippen molar-refractivity contribution in [3.05, 3.63) is 70.4 Å². The van der Waals surface area contributed by atoms with Crippen LogP contribution in [-0.4, -0.2) is 32.6 Å². The molecule has 0 saturated heterocycles. The van der Waals surface area contributed by atoms with Gasteiger partial charge in [-0.05, 0) is 48.7 Å². The van der Waals surface area contributed by atoms with Crippen molar-refractivity contribution in [3.63, 3.8) is 0 Å². The van der Waals surface area contributed by atoms with Crippen molar-refractivity contribution < 1.29 is 9.53 Å². The third-order valence-electron chi connectivity index (χ3n) is 4.14. The van der Waals surface area contributed by atoms with E-state index in [1.54, 1.807) is 34.1 Å². The van der Waals surface area contributed by atoms with Gasteiger partial charge in [0.05, 0.1) is 13.7 Å². The summed E-state index contributed by atoms with van der Waals surface area (Å²) >= 11 is 1.60. The van der Waals surface area contributed by atoms with Gasteiger partial charge in [-0.3, -0.25) is 4.79 Å². The summed E-state index contributed by atoms with van der Waals surface area (Å²) in [6.07, 6.45) is 1.65. The van der Waals surface area contributed by atoms with Crippen LogP contribution in [-0.2, 0) is 6.54 Å². The molecule has 0 aliphatic rings. The van der Waals surface area contributed by atoms with Crippen molar-refractivity contribution in [2.75, 3.05) is 12.0 Å². The number of hydrogen-bond acceptors (Lipinski definition) is 6. The molecule has 0 aliphatic carbocycles. The van der Waals surface area contributed by atoms with Crippen molar-refractivity contribution in [2.45, 2.75) is 13.5 Å². The van der Waals surface area contributed by atoms with Crippen LogP contribution in [0, 0.1) is 6.92 Å². The van der Waals surface area contributed by atoms with Gasteiger partial charge in [0.15, 0.2) is 0 Å². The number of nitrogens with zero attached hydrogens (tertiary/aromatic N) is 5. The summed E-state index contributed by atoms with van der Waals surface area (Å²) in [6, 6.07) is 13.1. The van der Waals surface area contributed by atoms with Gasteiger partial charge in [-0.15, -0.1) is 16.4 Å². The predicted octanol–water partition coefficient (Wildman–Crippen LogP) is 3.35. The molecule has 1 aromatic carbocycles. The summed E-state index contributed by atoms with van der Waals surface area (Å²) in [6.45, 7) is 2.33. The number of benzene rings is 1. The smallest absolute Gasteiger partial charge is 0.298 e. The number of aromatic nitrogens is 4. The highest BCUT2D eigenvalue weighted by molar-refractivity contribution is 7.09. The second kappa shape index (κ2) is 7.16. The topological polar surface area (TPSA) is 72.6 Å². The Bertz CT molecular complexity index is 1070. The fourth-order valence-electron chi connectivity index (χ4n) is 2.72. The summed E-state index contributed by atoms with van der Waals surface area (Å²) in [5, 5.41) is 6.34. The SMILES string of the molecule is COc1ccc(N(Cc2cccs2)C(=O)c2nc3nccc(C)n3n2)cc1. The van der Waals surface area contributed by atoms with E-state index in [9.17, 15) is 4.79 Å². The normalized spacial score (nSPS) is 10.9. The van der Waals surface area contributed by atoms with Crippen molar-refractivity contribution >= 4 is 28.7 Å². The maximum absolute atomic E-state index is 13.2. The van der Waals surface area contributed by atoms with E-state index in [1.807, 2.05) is 54.8 Å². The van der Waals surface area contributed by atoms with Crippen molar-refractivity contribution in [1.82, 2.24) is 19.6 Å². The third-order valence-corrected chi connectivity index (χ3v) is 5.01. The molecule has 8 heteroatoms. The number of rotatable bonds is 5. The van der Waals surface area contributed by atoms with Gasteiger partial charge in [0.2, 0.25) is 5.82 Å². The van der Waals surface area contributed by atoms with E-state index in [0.717, 1.165) is 22.0 Å². The molecule has 0 bridgehead atoms. The average molecular weight is 379 g/mol. The lowest BCUT2D eigenvalue weighted by Gasteiger charge is -2.21. The van der Waals surface area contributed by atoms with E-state index < -0.39 is 0 Å². The molecule has 0 atom stereocenters. The fourth-order valence-corrected chi connectivity index (χ4v) is 3.41. The number of fused-ring (bicyclic) bond motifs is 1. The summed E-state index contributed by atoms with van der Waals surface area (Å²) in [4.78, 5) is 24.5. The Morgan fingerprint density at radius 3 is 2.70 bits per heavy atom. The Morgan fingerprint density at radius 2 is 2.04 bits per heavy atom. The van der Waals surface area contributed by atoms with E-state index in [4.69, 9.17) is 4.74 Å². The molecule has 3 aromatic heterocycles. The quantitative estimate of drug-likeness (QED) is 0.532. The number of amides is 1. The highest BCUT2D eigenvalue weighted by Crippen LogP contribution is 2.24. The number of carbonyl (C=O) groups excluding carboxylic acids is 1. The second-order valence-corrected chi connectivity index (χ2v) is 6.93. The van der Waals surface area contributed by atoms with Gasteiger partial charge in [-0.2, -0.15) is 4.98 Å². The van der Waals surface area contributed by atoms with Gasteiger partial charge in [0.1, 0.15) is 5.75 Å². The van der Waals surface area contributed by atoms with E-state index in [0.29, 0.717) is 12.3 Å². The van der Waals surface area contributed by atoms with Crippen molar-refractivity contribution in [3.8, 4) is 5.75 Å². The number of hydrogen-bond donors (Lipinski definition) is 0. The molecule has 0 saturated carbocycles. The summed E-state index contributed by atoms with van der Waals surface area (Å²) in [7, 11) is 1.61. The van der Waals surface area contributed by atoms with Gasteiger partial charge in [-0.25, -0.2) is 9.50 Å². The van der Waals surface area contributed by atoms with Crippen LogP contribution < -0.4 is 9.64 Å². The minimum absolute atomic E-state index is 0.115. The molecule has 27 heavy (non-hydrogen) atoms. The zero-order chi connectivity index (χ0) is 18.8. The van der Waals surface area contributed by atoms with Gasteiger partial charge in [0, 0.05) is 22.5 Å². The van der Waals surface area contributed by atoms with Crippen LogP contribution in [0.2, 0.25) is 0 Å². The molecule has 136 valence electrons. The van der Waals surface area contributed by atoms with Crippen LogP contribution in [0.15, 0.2) is 54.0 Å². The zero-order valence-electron chi connectivity index (χ0n) is 14.9. The Hall–Kier alpha value is -3.26. The number of thiophene rings is 1. The highest BCUT2D eigenvalue weighted by Gasteiger charge is 2.23. The number of ether oxygens (including phenoxy) is 1. The Kier molecular flexibility index (Phi) is 4.55.